The summed E-state index contributed by atoms with van der Waals surface area (Å²) in [4.78, 5) is 24.2. The number of Topliss-reactive ketones (excluding diaryl/α,β-unsaturated/α-hetero) is 1. The van der Waals surface area contributed by atoms with Crippen LogP contribution in [0.3, 0.4) is 0 Å². The third-order valence-corrected chi connectivity index (χ3v) is 3.58. The highest BCUT2D eigenvalue weighted by atomic mass is 19.1. The average molecular weight is 285 g/mol. The standard InChI is InChI=1S/C16H12FNO3/c17-11-7-5-10(6-8-11)14(19)9-16(21)12-3-1-2-4-13(12)18-15(16)20/h1-8,21H,9H2,(H,18,20)/t16-/m0/s1. The van der Waals surface area contributed by atoms with Gasteiger partial charge in [-0.05, 0) is 30.3 Å². The summed E-state index contributed by atoms with van der Waals surface area (Å²) in [7, 11) is 0. The molecular weight excluding hydrogens is 273 g/mol. The smallest absolute Gasteiger partial charge is 0.261 e. The number of aliphatic hydroxyl groups is 1. The predicted octanol–water partition coefficient (Wildman–Crippen LogP) is 2.24. The van der Waals surface area contributed by atoms with E-state index in [4.69, 9.17) is 0 Å². The quantitative estimate of drug-likeness (QED) is 0.850. The zero-order valence-corrected chi connectivity index (χ0v) is 11.0. The summed E-state index contributed by atoms with van der Waals surface area (Å²) < 4.78 is 12.9. The molecule has 2 N–H and O–H groups in total. The number of nitrogens with one attached hydrogen (secondary N) is 1. The molecule has 0 spiro atoms. The lowest BCUT2D eigenvalue weighted by Gasteiger charge is -2.19. The number of ketones is 1. The fourth-order valence-electron chi connectivity index (χ4n) is 2.45. The molecule has 0 bridgehead atoms. The number of hydrogen-bond acceptors (Lipinski definition) is 3. The Labute approximate surface area is 120 Å². The van der Waals surface area contributed by atoms with Gasteiger partial charge in [0.2, 0.25) is 0 Å². The molecule has 0 aromatic heterocycles. The van der Waals surface area contributed by atoms with Crippen LogP contribution in [0.4, 0.5) is 10.1 Å². The van der Waals surface area contributed by atoms with Gasteiger partial charge in [-0.15, -0.1) is 0 Å². The molecule has 106 valence electrons. The molecule has 21 heavy (non-hydrogen) atoms. The minimum atomic E-state index is -1.89. The minimum Gasteiger partial charge on any atom is -0.375 e. The van der Waals surface area contributed by atoms with Crippen LogP contribution < -0.4 is 5.32 Å². The maximum Gasteiger partial charge on any atom is 0.261 e. The molecule has 0 aliphatic carbocycles. The SMILES string of the molecule is O=C(C[C@@]1(O)C(=O)Nc2ccccc21)c1ccc(F)cc1. The molecule has 1 heterocycles. The van der Waals surface area contributed by atoms with Gasteiger partial charge in [-0.3, -0.25) is 9.59 Å². The van der Waals surface area contributed by atoms with E-state index in [0.717, 1.165) is 0 Å². The van der Waals surface area contributed by atoms with Gasteiger partial charge < -0.3 is 10.4 Å². The summed E-state index contributed by atoms with van der Waals surface area (Å²) in [6, 6.07) is 11.7. The Morgan fingerprint density at radius 3 is 2.52 bits per heavy atom. The van der Waals surface area contributed by atoms with Crippen LogP contribution in [-0.2, 0) is 10.4 Å². The van der Waals surface area contributed by atoms with Gasteiger partial charge in [-0.1, -0.05) is 18.2 Å². The van der Waals surface area contributed by atoms with E-state index in [1.165, 1.54) is 24.3 Å². The molecule has 4 nitrogen and oxygen atoms in total. The van der Waals surface area contributed by atoms with Crippen molar-refractivity contribution in [3.05, 3.63) is 65.5 Å². The van der Waals surface area contributed by atoms with E-state index in [2.05, 4.69) is 5.32 Å². The van der Waals surface area contributed by atoms with E-state index in [1.807, 2.05) is 0 Å². The first kappa shape index (κ1) is 13.5. The lowest BCUT2D eigenvalue weighted by Crippen LogP contribution is -2.36. The molecule has 1 aliphatic heterocycles. The first-order valence-corrected chi connectivity index (χ1v) is 6.43. The molecule has 1 amide bonds. The summed E-state index contributed by atoms with van der Waals surface area (Å²) >= 11 is 0. The van der Waals surface area contributed by atoms with Crippen LogP contribution in [0.25, 0.3) is 0 Å². The van der Waals surface area contributed by atoms with Crippen LogP contribution >= 0.6 is 0 Å². The normalized spacial score (nSPS) is 20.0. The molecule has 0 saturated heterocycles. The molecule has 3 rings (SSSR count). The number of carbonyl (C=O) groups is 2. The number of amides is 1. The van der Waals surface area contributed by atoms with Crippen molar-refractivity contribution in [2.24, 2.45) is 0 Å². The van der Waals surface area contributed by atoms with Gasteiger partial charge in [0.05, 0.1) is 6.42 Å². The number of halogens is 1. The number of para-hydroxylation sites is 1. The van der Waals surface area contributed by atoms with E-state index in [0.29, 0.717) is 11.3 Å². The monoisotopic (exact) mass is 285 g/mol. The van der Waals surface area contributed by atoms with Gasteiger partial charge in [0.1, 0.15) is 5.82 Å². The summed E-state index contributed by atoms with van der Waals surface area (Å²) in [6.45, 7) is 0. The molecule has 0 saturated carbocycles. The highest BCUT2D eigenvalue weighted by molar-refractivity contribution is 6.09. The van der Waals surface area contributed by atoms with E-state index < -0.39 is 23.1 Å². The van der Waals surface area contributed by atoms with Gasteiger partial charge in [-0.2, -0.15) is 0 Å². The van der Waals surface area contributed by atoms with Gasteiger partial charge >= 0.3 is 0 Å². The first-order chi connectivity index (χ1) is 10.0. The number of benzene rings is 2. The Bertz CT molecular complexity index is 727. The number of carbonyl (C=O) groups excluding carboxylic acids is 2. The van der Waals surface area contributed by atoms with Crippen molar-refractivity contribution in [2.45, 2.75) is 12.0 Å². The predicted molar refractivity (Wildman–Crippen MR) is 74.3 cm³/mol. The molecule has 0 radical (unpaired) electrons. The molecule has 0 fully saturated rings. The largest absolute Gasteiger partial charge is 0.375 e. The Morgan fingerprint density at radius 2 is 1.81 bits per heavy atom. The fraction of sp³-hybridized carbons (Fsp3) is 0.125. The minimum absolute atomic E-state index is 0.252. The third-order valence-electron chi connectivity index (χ3n) is 3.58. The van der Waals surface area contributed by atoms with E-state index in [9.17, 15) is 19.1 Å². The second-order valence-electron chi connectivity index (χ2n) is 4.97. The second kappa shape index (κ2) is 4.79. The highest BCUT2D eigenvalue weighted by Crippen LogP contribution is 2.38. The molecule has 1 aliphatic rings. The maximum atomic E-state index is 12.9. The van der Waals surface area contributed by atoms with Crippen LogP contribution in [0.1, 0.15) is 22.3 Å². The number of hydrogen-bond donors (Lipinski definition) is 2. The van der Waals surface area contributed by atoms with E-state index in [1.54, 1.807) is 24.3 Å². The Kier molecular flexibility index (Phi) is 3.07. The molecule has 5 heteroatoms. The van der Waals surface area contributed by atoms with Gasteiger partial charge in [0.15, 0.2) is 11.4 Å². The van der Waals surface area contributed by atoms with Gasteiger partial charge in [0, 0.05) is 16.8 Å². The average Bonchev–Trinajstić information content (AvgIpc) is 2.71. The van der Waals surface area contributed by atoms with E-state index in [-0.39, 0.29) is 12.0 Å². The van der Waals surface area contributed by atoms with E-state index >= 15 is 0 Å². The lowest BCUT2D eigenvalue weighted by atomic mass is 9.88. The molecule has 2 aromatic rings. The fourth-order valence-corrected chi connectivity index (χ4v) is 2.45. The molecule has 2 aromatic carbocycles. The maximum absolute atomic E-state index is 12.9. The zero-order chi connectivity index (χ0) is 15.0. The molecule has 0 unspecified atom stereocenters. The summed E-state index contributed by atoms with van der Waals surface area (Å²) in [5, 5.41) is 13.1. The summed E-state index contributed by atoms with van der Waals surface area (Å²) in [5.41, 5.74) is -0.758. The molecule has 1 atom stereocenters. The number of fused-ring (bicyclic) bond motifs is 1. The Balaban J connectivity index is 1.92. The lowest BCUT2D eigenvalue weighted by molar-refractivity contribution is -0.133. The molecular formula is C16H12FNO3. The summed E-state index contributed by atoms with van der Waals surface area (Å²) in [5.74, 6) is -1.50. The van der Waals surface area contributed by atoms with Crippen LogP contribution in [-0.4, -0.2) is 16.8 Å². The highest BCUT2D eigenvalue weighted by Gasteiger charge is 2.46. The second-order valence-corrected chi connectivity index (χ2v) is 4.97. The van der Waals surface area contributed by atoms with Crippen molar-refractivity contribution >= 4 is 17.4 Å². The van der Waals surface area contributed by atoms with Crippen molar-refractivity contribution in [2.75, 3.05) is 5.32 Å². The Morgan fingerprint density at radius 1 is 1.14 bits per heavy atom. The van der Waals surface area contributed by atoms with Crippen LogP contribution in [0.15, 0.2) is 48.5 Å². The third kappa shape index (κ3) is 2.21. The van der Waals surface area contributed by atoms with Gasteiger partial charge in [-0.25, -0.2) is 4.39 Å². The first-order valence-electron chi connectivity index (χ1n) is 6.43. The van der Waals surface area contributed by atoms with Crippen molar-refractivity contribution in [3.8, 4) is 0 Å². The number of anilines is 1. The number of rotatable bonds is 3. The van der Waals surface area contributed by atoms with Gasteiger partial charge in [0.25, 0.3) is 5.91 Å². The van der Waals surface area contributed by atoms with Crippen LogP contribution in [0.5, 0.6) is 0 Å². The zero-order valence-electron chi connectivity index (χ0n) is 11.0. The van der Waals surface area contributed by atoms with Crippen molar-refractivity contribution in [1.82, 2.24) is 0 Å². The van der Waals surface area contributed by atoms with Crippen molar-refractivity contribution < 1.29 is 19.1 Å². The van der Waals surface area contributed by atoms with Crippen molar-refractivity contribution in [3.63, 3.8) is 0 Å². The topological polar surface area (TPSA) is 66.4 Å². The summed E-state index contributed by atoms with van der Waals surface area (Å²) in [6.07, 6.45) is -0.387. The Hall–Kier alpha value is -2.53. The van der Waals surface area contributed by atoms with Crippen LogP contribution in [0, 0.1) is 5.82 Å². The van der Waals surface area contributed by atoms with Crippen LogP contribution in [0.2, 0.25) is 0 Å². The van der Waals surface area contributed by atoms with Crippen molar-refractivity contribution in [1.29, 1.82) is 0 Å².